The van der Waals surface area contributed by atoms with Crippen molar-refractivity contribution in [3.05, 3.63) is 108 Å². The third kappa shape index (κ3) is 13.7. The predicted octanol–water partition coefficient (Wildman–Crippen LogP) is -11.1. The van der Waals surface area contributed by atoms with Crippen molar-refractivity contribution in [1.82, 2.24) is 0 Å². The van der Waals surface area contributed by atoms with Gasteiger partial charge in [0.25, 0.3) is 11.8 Å². The van der Waals surface area contributed by atoms with E-state index < -0.39 is 43.6 Å². The summed E-state index contributed by atoms with van der Waals surface area (Å²) >= 11 is 0. The van der Waals surface area contributed by atoms with Crippen LogP contribution in [0.4, 0.5) is 27.5 Å². The summed E-state index contributed by atoms with van der Waals surface area (Å²) in [5.41, 5.74) is 1.84. The monoisotopic (exact) mass is 698 g/mol. The van der Waals surface area contributed by atoms with Gasteiger partial charge in [0.1, 0.15) is 0 Å². The van der Waals surface area contributed by atoms with E-state index in [0.717, 1.165) is 24.3 Å². The van der Waals surface area contributed by atoms with Crippen LogP contribution in [0.1, 0.15) is 20.7 Å². The summed E-state index contributed by atoms with van der Waals surface area (Å²) in [5.74, 6) is -0.994. The maximum Gasteiger partial charge on any atom is 1.00 e. The van der Waals surface area contributed by atoms with Gasteiger partial charge in [0.05, 0.1) is 0 Å². The Morgan fingerprint density at radius 3 is 0.913 bits per heavy atom. The van der Waals surface area contributed by atoms with E-state index in [1.54, 1.807) is 0 Å². The van der Waals surface area contributed by atoms with E-state index in [2.05, 4.69) is 21.3 Å². The second kappa shape index (κ2) is 20.2. The van der Waals surface area contributed by atoms with Gasteiger partial charge in [-0.15, -0.1) is 0 Å². The van der Waals surface area contributed by atoms with Gasteiger partial charge < -0.3 is 50.0 Å². The van der Waals surface area contributed by atoms with E-state index in [0.29, 0.717) is 11.4 Å². The summed E-state index contributed by atoms with van der Waals surface area (Å²) in [6, 6.07) is 20.8. The minimum Gasteiger partial charge on any atom is -0.807 e. The third-order valence-electron chi connectivity index (χ3n) is 5.69. The molecule has 216 valence electrons. The van der Waals surface area contributed by atoms with Crippen molar-refractivity contribution >= 4 is 66.4 Å². The van der Waals surface area contributed by atoms with Gasteiger partial charge in [-0.3, -0.25) is 9.59 Å². The van der Waals surface area contributed by atoms with E-state index in [1.807, 2.05) is 0 Å². The standard InChI is InChI=1S/C27H24N4O9P2.4Na/c32-25(28-19-9-13-23(14-10-19)41(35,36)37)17-1-5-21(6-2-17)30-27(34)31-22-7-3-18(4-8-22)26(33)29-20-11-15-24(16-12-20)42(38,39)40;;;;/h1-16H,(H,28,32)(H,29,33)(H2,30,31,34)(H2,35,36,37)(H2,38,39,40);;;;/q;4*+1/p-4. The maximum absolute atomic E-state index is 12.4. The molecule has 0 fully saturated rings. The first kappa shape index (κ1) is 45.4. The van der Waals surface area contributed by atoms with Crippen LogP contribution in [-0.2, 0) is 9.13 Å². The summed E-state index contributed by atoms with van der Waals surface area (Å²) in [5, 5.41) is 9.56. The molecule has 0 aliphatic rings. The van der Waals surface area contributed by atoms with Crippen molar-refractivity contribution in [3.63, 3.8) is 0 Å². The Balaban J connectivity index is 0.00000506. The molecule has 0 aliphatic carbocycles. The van der Waals surface area contributed by atoms with Gasteiger partial charge in [-0.25, -0.2) is 4.79 Å². The molecule has 0 atom stereocenters. The number of urea groups is 1. The second-order valence-electron chi connectivity index (χ2n) is 8.73. The van der Waals surface area contributed by atoms with Crippen LogP contribution in [0.5, 0.6) is 0 Å². The first-order chi connectivity index (χ1) is 19.8. The number of anilines is 4. The number of amides is 4. The zero-order chi connectivity index (χ0) is 30.5. The van der Waals surface area contributed by atoms with Crippen LogP contribution in [-0.4, -0.2) is 17.8 Å². The number of hydrogen-bond acceptors (Lipinski definition) is 9. The van der Waals surface area contributed by atoms with Gasteiger partial charge in [-0.1, -0.05) is 24.3 Å². The molecule has 0 radical (unpaired) electrons. The van der Waals surface area contributed by atoms with Crippen LogP contribution in [0.15, 0.2) is 97.1 Å². The molecule has 4 N–H and O–H groups in total. The Hall–Kier alpha value is -0.610. The van der Waals surface area contributed by atoms with E-state index in [9.17, 15) is 43.1 Å². The molecular weight excluding hydrogens is 678 g/mol. The first-order valence-corrected chi connectivity index (χ1v) is 15.0. The fourth-order valence-electron chi connectivity index (χ4n) is 3.56. The topological polar surface area (TPSA) is 226 Å². The molecule has 13 nitrogen and oxygen atoms in total. The van der Waals surface area contributed by atoms with E-state index in [4.69, 9.17) is 0 Å². The third-order valence-corrected chi connectivity index (χ3v) is 7.55. The van der Waals surface area contributed by atoms with Crippen LogP contribution in [0.2, 0.25) is 0 Å². The molecule has 0 saturated carbocycles. The molecule has 0 unspecified atom stereocenters. The van der Waals surface area contributed by atoms with Crippen LogP contribution in [0.3, 0.4) is 0 Å². The summed E-state index contributed by atoms with van der Waals surface area (Å²) in [6.45, 7) is 0. The van der Waals surface area contributed by atoms with Crippen molar-refractivity contribution in [2.24, 2.45) is 0 Å². The molecule has 0 saturated heterocycles. The second-order valence-corrected chi connectivity index (χ2v) is 11.8. The minimum atomic E-state index is -4.88. The van der Waals surface area contributed by atoms with E-state index in [-0.39, 0.29) is 141 Å². The number of rotatable bonds is 8. The fraction of sp³-hybridized carbons (Fsp3) is 0. The quantitative estimate of drug-likeness (QED) is 0.101. The van der Waals surface area contributed by atoms with Crippen molar-refractivity contribution in [2.45, 2.75) is 0 Å². The summed E-state index contributed by atoms with van der Waals surface area (Å²) in [4.78, 5) is 81.4. The molecule has 4 rings (SSSR count). The molecule has 4 aromatic carbocycles. The Bertz CT molecular complexity index is 1590. The Labute approximate surface area is 352 Å². The van der Waals surface area contributed by atoms with Gasteiger partial charge in [-0.2, -0.15) is 0 Å². The number of nitrogens with one attached hydrogen (secondary N) is 4. The summed E-state index contributed by atoms with van der Waals surface area (Å²) in [7, 11) is -9.77. The maximum atomic E-state index is 12.4. The van der Waals surface area contributed by atoms with Crippen molar-refractivity contribution in [3.8, 4) is 0 Å². The van der Waals surface area contributed by atoms with Crippen LogP contribution in [0.25, 0.3) is 0 Å². The molecule has 0 spiro atoms. The smallest absolute Gasteiger partial charge is 0.807 e. The van der Waals surface area contributed by atoms with Gasteiger partial charge in [0.2, 0.25) is 0 Å². The van der Waals surface area contributed by atoms with Crippen molar-refractivity contribution in [1.29, 1.82) is 0 Å². The van der Waals surface area contributed by atoms with E-state index in [1.165, 1.54) is 72.8 Å². The Morgan fingerprint density at radius 2 is 0.652 bits per heavy atom. The summed E-state index contributed by atoms with van der Waals surface area (Å²) in [6.07, 6.45) is 0. The molecule has 0 aromatic heterocycles. The molecule has 0 aliphatic heterocycles. The van der Waals surface area contributed by atoms with Gasteiger partial charge >= 0.3 is 124 Å². The number of carbonyl (C=O) groups is 3. The normalized spacial score (nSPS) is 10.3. The average Bonchev–Trinajstić information content (AvgIpc) is 2.93. The molecule has 46 heavy (non-hydrogen) atoms. The summed E-state index contributed by atoms with van der Waals surface area (Å²) < 4.78 is 22.1. The van der Waals surface area contributed by atoms with Gasteiger partial charge in [-0.05, 0) is 98.6 Å². The predicted molar refractivity (Wildman–Crippen MR) is 149 cm³/mol. The largest absolute Gasteiger partial charge is 1.00 e. The zero-order valence-electron chi connectivity index (χ0n) is 25.3. The van der Waals surface area contributed by atoms with E-state index >= 15 is 0 Å². The van der Waals surface area contributed by atoms with Gasteiger partial charge in [0, 0.05) is 33.9 Å². The van der Waals surface area contributed by atoms with Crippen LogP contribution in [0, 0.1) is 0 Å². The molecule has 0 bridgehead atoms. The molecule has 4 aromatic rings. The molecule has 0 heterocycles. The fourth-order valence-corrected chi connectivity index (χ4v) is 4.59. The SMILES string of the molecule is O=C(Nc1ccc(C(=O)Nc2ccc(P(=O)([O-])[O-])cc2)cc1)Nc1ccc(C(=O)Nc2ccc(P(=O)([O-])[O-])cc2)cc1.[Na+].[Na+].[Na+].[Na+]. The average molecular weight is 698 g/mol. The van der Waals surface area contributed by atoms with Crippen LogP contribution >= 0.6 is 15.2 Å². The Kier molecular flexibility index (Phi) is 19.9. The number of benzene rings is 4. The molecular formula is C27H20N4Na4O9P2. The number of carbonyl (C=O) groups excluding carboxylic acids is 3. The van der Waals surface area contributed by atoms with Crippen molar-refractivity contribution in [2.75, 3.05) is 21.3 Å². The first-order valence-electron chi connectivity index (χ1n) is 11.9. The molecule has 19 heteroatoms. The van der Waals surface area contributed by atoms with Gasteiger partial charge in [0.15, 0.2) is 0 Å². The zero-order valence-corrected chi connectivity index (χ0v) is 35.1. The van der Waals surface area contributed by atoms with Crippen LogP contribution < -0.4 is 170 Å². The van der Waals surface area contributed by atoms with Crippen molar-refractivity contribution < 1.29 is 161 Å². The number of hydrogen-bond donors (Lipinski definition) is 4. The minimum absolute atomic E-state index is 0. The molecule has 4 amide bonds. The Morgan fingerprint density at radius 1 is 0.413 bits per heavy atom.